The zero-order chi connectivity index (χ0) is 14.1. The van der Waals surface area contributed by atoms with Crippen molar-refractivity contribution >= 4 is 21.6 Å². The Kier molecular flexibility index (Phi) is 3.57. The highest BCUT2D eigenvalue weighted by Gasteiger charge is 2.05. The van der Waals surface area contributed by atoms with Crippen molar-refractivity contribution in [1.82, 2.24) is 14.6 Å². The van der Waals surface area contributed by atoms with Crippen LogP contribution in [0.5, 0.6) is 0 Å². The molecule has 0 spiro atoms. The SMILES string of the molecule is CC(C)Cc1ccc(-c2ccc3ncc(Br)n3n2)cc1. The van der Waals surface area contributed by atoms with Crippen molar-refractivity contribution in [3.8, 4) is 11.3 Å². The van der Waals surface area contributed by atoms with Gasteiger partial charge in [-0.3, -0.25) is 0 Å². The summed E-state index contributed by atoms with van der Waals surface area (Å²) in [5, 5.41) is 4.60. The van der Waals surface area contributed by atoms with Gasteiger partial charge < -0.3 is 0 Å². The number of fused-ring (bicyclic) bond motifs is 1. The predicted molar refractivity (Wildman–Crippen MR) is 84.7 cm³/mol. The molecule has 0 bridgehead atoms. The van der Waals surface area contributed by atoms with Crippen LogP contribution in [0.2, 0.25) is 0 Å². The van der Waals surface area contributed by atoms with Crippen molar-refractivity contribution in [3.63, 3.8) is 0 Å². The normalized spacial score (nSPS) is 11.4. The molecule has 0 aliphatic carbocycles. The van der Waals surface area contributed by atoms with Gasteiger partial charge in [-0.1, -0.05) is 38.1 Å². The summed E-state index contributed by atoms with van der Waals surface area (Å²) in [7, 11) is 0. The fourth-order valence-corrected chi connectivity index (χ4v) is 2.65. The Labute approximate surface area is 126 Å². The standard InChI is InChI=1S/C16H16BrN3/c1-11(2)9-12-3-5-13(6-4-12)14-7-8-16-18-10-15(17)20(16)19-14/h3-8,10-11H,9H2,1-2H3. The van der Waals surface area contributed by atoms with Crippen LogP contribution in [0.25, 0.3) is 16.9 Å². The molecule has 4 heteroatoms. The molecule has 1 aromatic carbocycles. The maximum absolute atomic E-state index is 4.60. The Bertz CT molecular complexity index is 729. The molecule has 0 radical (unpaired) electrons. The number of hydrogen-bond acceptors (Lipinski definition) is 2. The molecular weight excluding hydrogens is 314 g/mol. The fourth-order valence-electron chi connectivity index (χ4n) is 2.28. The van der Waals surface area contributed by atoms with E-state index >= 15 is 0 Å². The van der Waals surface area contributed by atoms with Gasteiger partial charge in [-0.15, -0.1) is 0 Å². The molecule has 2 heterocycles. The Morgan fingerprint density at radius 1 is 1.10 bits per heavy atom. The van der Waals surface area contributed by atoms with E-state index < -0.39 is 0 Å². The van der Waals surface area contributed by atoms with E-state index in [2.05, 4.69) is 64.1 Å². The second kappa shape index (κ2) is 5.37. The first-order valence-electron chi connectivity index (χ1n) is 6.73. The lowest BCUT2D eigenvalue weighted by molar-refractivity contribution is 0.647. The van der Waals surface area contributed by atoms with Gasteiger partial charge in [0.1, 0.15) is 4.60 Å². The molecule has 3 nitrogen and oxygen atoms in total. The molecule has 102 valence electrons. The Morgan fingerprint density at radius 3 is 2.55 bits per heavy atom. The van der Waals surface area contributed by atoms with Crippen LogP contribution in [0.3, 0.4) is 0 Å². The summed E-state index contributed by atoms with van der Waals surface area (Å²) in [6, 6.07) is 12.6. The summed E-state index contributed by atoms with van der Waals surface area (Å²) in [4.78, 5) is 4.25. The Hall–Kier alpha value is -1.68. The molecule has 3 rings (SSSR count). The van der Waals surface area contributed by atoms with E-state index in [-0.39, 0.29) is 0 Å². The largest absolute Gasteiger partial charge is 0.234 e. The van der Waals surface area contributed by atoms with Crippen LogP contribution >= 0.6 is 15.9 Å². The van der Waals surface area contributed by atoms with E-state index in [1.165, 1.54) is 5.56 Å². The van der Waals surface area contributed by atoms with Crippen molar-refractivity contribution in [1.29, 1.82) is 0 Å². The molecule has 0 aliphatic rings. The molecule has 0 saturated heterocycles. The third-order valence-electron chi connectivity index (χ3n) is 3.21. The zero-order valence-corrected chi connectivity index (χ0v) is 13.1. The van der Waals surface area contributed by atoms with Gasteiger partial charge in [0.15, 0.2) is 5.65 Å². The van der Waals surface area contributed by atoms with Crippen molar-refractivity contribution in [2.24, 2.45) is 5.92 Å². The first kappa shape index (κ1) is 13.3. The third kappa shape index (κ3) is 2.61. The Balaban J connectivity index is 1.95. The van der Waals surface area contributed by atoms with Crippen molar-refractivity contribution in [2.75, 3.05) is 0 Å². The van der Waals surface area contributed by atoms with Crippen molar-refractivity contribution in [2.45, 2.75) is 20.3 Å². The highest BCUT2D eigenvalue weighted by Crippen LogP contribution is 2.20. The molecule has 0 saturated carbocycles. The van der Waals surface area contributed by atoms with Crippen molar-refractivity contribution in [3.05, 3.63) is 52.8 Å². The summed E-state index contributed by atoms with van der Waals surface area (Å²) in [6.07, 6.45) is 2.87. The summed E-state index contributed by atoms with van der Waals surface area (Å²) in [6.45, 7) is 4.47. The number of hydrogen-bond donors (Lipinski definition) is 0. The number of benzene rings is 1. The first-order valence-corrected chi connectivity index (χ1v) is 7.52. The second-order valence-electron chi connectivity index (χ2n) is 5.36. The zero-order valence-electron chi connectivity index (χ0n) is 11.5. The minimum Gasteiger partial charge on any atom is -0.234 e. The maximum Gasteiger partial charge on any atom is 0.154 e. The molecule has 3 aromatic rings. The second-order valence-corrected chi connectivity index (χ2v) is 6.18. The van der Waals surface area contributed by atoms with E-state index in [1.54, 1.807) is 10.7 Å². The van der Waals surface area contributed by atoms with Crippen molar-refractivity contribution < 1.29 is 0 Å². The lowest BCUT2D eigenvalue weighted by Crippen LogP contribution is -1.96. The topological polar surface area (TPSA) is 30.2 Å². The highest BCUT2D eigenvalue weighted by molar-refractivity contribution is 9.10. The van der Waals surface area contributed by atoms with E-state index in [1.807, 2.05) is 12.1 Å². The molecule has 0 atom stereocenters. The molecule has 2 aromatic heterocycles. The van der Waals surface area contributed by atoms with Gasteiger partial charge in [-0.05, 0) is 46.0 Å². The van der Waals surface area contributed by atoms with Gasteiger partial charge in [-0.2, -0.15) is 5.10 Å². The van der Waals surface area contributed by atoms with Gasteiger partial charge in [0.2, 0.25) is 0 Å². The third-order valence-corrected chi connectivity index (χ3v) is 3.76. The van der Waals surface area contributed by atoms with Gasteiger partial charge >= 0.3 is 0 Å². The molecule has 20 heavy (non-hydrogen) atoms. The van der Waals surface area contributed by atoms with Gasteiger partial charge in [-0.25, -0.2) is 9.50 Å². The predicted octanol–water partition coefficient (Wildman–Crippen LogP) is 4.36. The molecule has 0 fully saturated rings. The number of nitrogens with zero attached hydrogens (tertiary/aromatic N) is 3. The first-order chi connectivity index (χ1) is 9.63. The monoisotopic (exact) mass is 329 g/mol. The van der Waals surface area contributed by atoms with E-state index in [9.17, 15) is 0 Å². The van der Waals surface area contributed by atoms with Crippen LogP contribution in [-0.2, 0) is 6.42 Å². The molecule has 0 aliphatic heterocycles. The van der Waals surface area contributed by atoms with Crippen LogP contribution in [0.4, 0.5) is 0 Å². The highest BCUT2D eigenvalue weighted by atomic mass is 79.9. The van der Waals surface area contributed by atoms with Gasteiger partial charge in [0, 0.05) is 5.56 Å². The van der Waals surface area contributed by atoms with Gasteiger partial charge in [0.05, 0.1) is 11.9 Å². The van der Waals surface area contributed by atoms with Crippen LogP contribution in [0.15, 0.2) is 47.2 Å². The summed E-state index contributed by atoms with van der Waals surface area (Å²) in [5.41, 5.74) is 4.29. The van der Waals surface area contributed by atoms with E-state index in [0.717, 1.165) is 27.9 Å². The average molecular weight is 330 g/mol. The Morgan fingerprint density at radius 2 is 1.85 bits per heavy atom. The minimum absolute atomic E-state index is 0.678. The number of rotatable bonds is 3. The van der Waals surface area contributed by atoms with Gasteiger partial charge in [0.25, 0.3) is 0 Å². The smallest absolute Gasteiger partial charge is 0.154 e. The fraction of sp³-hybridized carbons (Fsp3) is 0.250. The molecule has 0 amide bonds. The van der Waals surface area contributed by atoms with Crippen LogP contribution in [-0.4, -0.2) is 14.6 Å². The van der Waals surface area contributed by atoms with Crippen LogP contribution < -0.4 is 0 Å². The number of imidazole rings is 1. The minimum atomic E-state index is 0.678. The molecular formula is C16H16BrN3. The molecule has 0 N–H and O–H groups in total. The lowest BCUT2D eigenvalue weighted by Gasteiger charge is -2.06. The molecule has 0 unspecified atom stereocenters. The summed E-state index contributed by atoms with van der Waals surface area (Å²) in [5.74, 6) is 0.678. The maximum atomic E-state index is 4.60. The van der Waals surface area contributed by atoms with E-state index in [4.69, 9.17) is 0 Å². The summed E-state index contributed by atoms with van der Waals surface area (Å²) >= 11 is 3.45. The lowest BCUT2D eigenvalue weighted by atomic mass is 10.0. The van der Waals surface area contributed by atoms with Crippen LogP contribution in [0, 0.1) is 5.92 Å². The number of halogens is 1. The van der Waals surface area contributed by atoms with Crippen LogP contribution in [0.1, 0.15) is 19.4 Å². The average Bonchev–Trinajstić information content (AvgIpc) is 2.80. The quantitative estimate of drug-likeness (QED) is 0.714. The van der Waals surface area contributed by atoms with E-state index in [0.29, 0.717) is 5.92 Å². The number of aromatic nitrogens is 3. The summed E-state index contributed by atoms with van der Waals surface area (Å²) < 4.78 is 2.67.